The normalized spacial score (nSPS) is 18.5. The number of benzene rings is 1. The maximum Gasteiger partial charge on any atom is 0.416 e. The summed E-state index contributed by atoms with van der Waals surface area (Å²) in [6.07, 6.45) is -5.04. The van der Waals surface area contributed by atoms with Gasteiger partial charge in [-0.3, -0.25) is 9.59 Å². The van der Waals surface area contributed by atoms with Gasteiger partial charge in [0.05, 0.1) is 18.7 Å². The first-order valence-corrected chi connectivity index (χ1v) is 7.61. The Morgan fingerprint density at radius 3 is 2.68 bits per heavy atom. The molecule has 2 N–H and O–H groups in total. The van der Waals surface area contributed by atoms with Gasteiger partial charge in [0.15, 0.2) is 6.10 Å². The van der Waals surface area contributed by atoms with E-state index in [-0.39, 0.29) is 25.3 Å². The van der Waals surface area contributed by atoms with Crippen molar-refractivity contribution in [2.24, 2.45) is 5.73 Å². The lowest BCUT2D eigenvalue weighted by Crippen LogP contribution is -2.51. The third kappa shape index (κ3) is 3.46. The number of alkyl halides is 3. The molecule has 2 aromatic rings. The molecule has 6 nitrogen and oxygen atoms in total. The van der Waals surface area contributed by atoms with Crippen molar-refractivity contribution in [3.63, 3.8) is 0 Å². The topological polar surface area (TPSA) is 77.6 Å². The second kappa shape index (κ2) is 6.40. The number of hydrogen-bond donors (Lipinski definition) is 1. The molecule has 1 aliphatic heterocycles. The minimum absolute atomic E-state index is 0.0906. The van der Waals surface area contributed by atoms with Gasteiger partial charge < -0.3 is 19.9 Å². The minimum atomic E-state index is -4.52. The van der Waals surface area contributed by atoms with Crippen molar-refractivity contribution >= 4 is 22.7 Å². The zero-order valence-corrected chi connectivity index (χ0v) is 13.1. The van der Waals surface area contributed by atoms with E-state index in [1.807, 2.05) is 0 Å². The Hall–Kier alpha value is -2.55. The molecular weight excluding hydrogens is 339 g/mol. The molecule has 0 bridgehead atoms. The average molecular weight is 355 g/mol. The van der Waals surface area contributed by atoms with E-state index in [1.165, 1.54) is 10.8 Å². The number of ether oxygens (including phenoxy) is 1. The van der Waals surface area contributed by atoms with Gasteiger partial charge >= 0.3 is 6.18 Å². The number of para-hydroxylation sites is 1. The Balaban J connectivity index is 1.82. The monoisotopic (exact) mass is 355 g/mol. The summed E-state index contributed by atoms with van der Waals surface area (Å²) in [5.74, 6) is -1.11. The summed E-state index contributed by atoms with van der Waals surface area (Å²) in [6.45, 7) is -0.801. The molecule has 0 spiro atoms. The first-order chi connectivity index (χ1) is 11.8. The van der Waals surface area contributed by atoms with E-state index < -0.39 is 30.6 Å². The van der Waals surface area contributed by atoms with Crippen molar-refractivity contribution in [2.75, 3.05) is 19.7 Å². The maximum atomic E-state index is 12.8. The number of hydrogen-bond acceptors (Lipinski definition) is 3. The molecule has 1 atom stereocenters. The molecule has 0 radical (unpaired) electrons. The van der Waals surface area contributed by atoms with Crippen LogP contribution in [0.2, 0.25) is 0 Å². The number of primary amides is 1. The fraction of sp³-hybridized carbons (Fsp3) is 0.375. The first-order valence-electron chi connectivity index (χ1n) is 7.61. The highest BCUT2D eigenvalue weighted by molar-refractivity contribution is 6.06. The van der Waals surface area contributed by atoms with Crippen LogP contribution in [0.5, 0.6) is 0 Å². The van der Waals surface area contributed by atoms with E-state index >= 15 is 0 Å². The van der Waals surface area contributed by atoms with Crippen LogP contribution >= 0.6 is 0 Å². The summed E-state index contributed by atoms with van der Waals surface area (Å²) in [7, 11) is 0. The van der Waals surface area contributed by atoms with Gasteiger partial charge in [-0.05, 0) is 6.07 Å². The van der Waals surface area contributed by atoms with Crippen LogP contribution in [0, 0.1) is 0 Å². The molecule has 1 aromatic carbocycles. The van der Waals surface area contributed by atoms with Gasteiger partial charge in [0, 0.05) is 23.6 Å². The molecule has 0 aliphatic carbocycles. The van der Waals surface area contributed by atoms with Gasteiger partial charge in [-0.2, -0.15) is 13.2 Å². The lowest BCUT2D eigenvalue weighted by molar-refractivity contribution is -0.236. The van der Waals surface area contributed by atoms with Crippen LogP contribution in [0.1, 0.15) is 10.4 Å². The Bertz CT molecular complexity index is 816. The van der Waals surface area contributed by atoms with Crippen LogP contribution < -0.4 is 5.73 Å². The van der Waals surface area contributed by atoms with E-state index in [1.54, 1.807) is 24.3 Å². The van der Waals surface area contributed by atoms with E-state index in [0.717, 1.165) is 4.90 Å². The van der Waals surface area contributed by atoms with Gasteiger partial charge in [-0.15, -0.1) is 0 Å². The molecule has 1 fully saturated rings. The lowest BCUT2D eigenvalue weighted by atomic mass is 10.2. The summed E-state index contributed by atoms with van der Waals surface area (Å²) < 4.78 is 44.6. The number of rotatable bonds is 3. The number of nitrogens with two attached hydrogens (primary N) is 1. The molecule has 3 rings (SSSR count). The molecule has 2 amide bonds. The standard InChI is InChI=1S/C16H16F3N3O3/c17-16(18,19)13-8-21(5-6-25-13)14(23)9-22-7-11(15(20)24)10-3-1-2-4-12(10)22/h1-4,7,13H,5-6,8-9H2,(H2,20,24). The predicted octanol–water partition coefficient (Wildman–Crippen LogP) is 1.53. The molecule has 1 saturated heterocycles. The van der Waals surface area contributed by atoms with Crippen molar-refractivity contribution < 1.29 is 27.5 Å². The molecule has 1 aliphatic rings. The third-order valence-corrected chi connectivity index (χ3v) is 4.14. The number of nitrogens with zero attached hydrogens (tertiary/aromatic N) is 2. The summed E-state index contributed by atoms with van der Waals surface area (Å²) in [5, 5.41) is 0.595. The summed E-state index contributed by atoms with van der Waals surface area (Å²) >= 11 is 0. The molecule has 2 heterocycles. The Morgan fingerprint density at radius 2 is 2.00 bits per heavy atom. The van der Waals surface area contributed by atoms with Gasteiger partial charge in [0.25, 0.3) is 5.91 Å². The maximum absolute atomic E-state index is 12.8. The molecule has 9 heteroatoms. The van der Waals surface area contributed by atoms with Crippen LogP contribution in [-0.4, -0.2) is 53.3 Å². The van der Waals surface area contributed by atoms with E-state index in [0.29, 0.717) is 10.9 Å². The number of carbonyl (C=O) groups is 2. The van der Waals surface area contributed by atoms with Crippen molar-refractivity contribution in [1.29, 1.82) is 0 Å². The SMILES string of the molecule is NC(=O)c1cn(CC(=O)N2CCOC(C(F)(F)F)C2)c2ccccc12. The molecule has 1 unspecified atom stereocenters. The highest BCUT2D eigenvalue weighted by Crippen LogP contribution is 2.26. The first kappa shape index (κ1) is 17.3. The van der Waals surface area contributed by atoms with Crippen LogP contribution in [0.3, 0.4) is 0 Å². The third-order valence-electron chi connectivity index (χ3n) is 4.14. The predicted molar refractivity (Wildman–Crippen MR) is 82.8 cm³/mol. The largest absolute Gasteiger partial charge is 0.416 e. The summed E-state index contributed by atoms with van der Waals surface area (Å²) in [6, 6.07) is 6.89. The molecule has 0 saturated carbocycles. The van der Waals surface area contributed by atoms with E-state index in [4.69, 9.17) is 10.5 Å². The van der Waals surface area contributed by atoms with Gasteiger partial charge in [0.1, 0.15) is 6.54 Å². The van der Waals surface area contributed by atoms with Crippen molar-refractivity contribution in [1.82, 2.24) is 9.47 Å². The second-order valence-electron chi connectivity index (χ2n) is 5.79. The lowest BCUT2D eigenvalue weighted by Gasteiger charge is -2.34. The highest BCUT2D eigenvalue weighted by atomic mass is 19.4. The number of morpholine rings is 1. The zero-order chi connectivity index (χ0) is 18.2. The average Bonchev–Trinajstić information content (AvgIpc) is 2.93. The molecular formula is C16H16F3N3O3. The highest BCUT2D eigenvalue weighted by Gasteiger charge is 2.44. The van der Waals surface area contributed by atoms with Crippen molar-refractivity contribution in [3.05, 3.63) is 36.0 Å². The summed E-state index contributed by atoms with van der Waals surface area (Å²) in [4.78, 5) is 25.1. The quantitative estimate of drug-likeness (QED) is 0.907. The Labute approximate surface area is 140 Å². The number of fused-ring (bicyclic) bond motifs is 1. The van der Waals surface area contributed by atoms with Gasteiger partial charge in [-0.1, -0.05) is 18.2 Å². The smallest absolute Gasteiger partial charge is 0.366 e. The number of amides is 2. The van der Waals surface area contributed by atoms with Crippen LogP contribution in [-0.2, 0) is 16.1 Å². The van der Waals surface area contributed by atoms with Crippen molar-refractivity contribution in [3.8, 4) is 0 Å². The molecule has 1 aromatic heterocycles. The van der Waals surface area contributed by atoms with Crippen molar-refractivity contribution in [2.45, 2.75) is 18.8 Å². The summed E-state index contributed by atoms with van der Waals surface area (Å²) in [5.41, 5.74) is 6.22. The molecule has 25 heavy (non-hydrogen) atoms. The van der Waals surface area contributed by atoms with E-state index in [2.05, 4.69) is 0 Å². The van der Waals surface area contributed by atoms with E-state index in [9.17, 15) is 22.8 Å². The van der Waals surface area contributed by atoms with Crippen LogP contribution in [0.15, 0.2) is 30.5 Å². The van der Waals surface area contributed by atoms with Crippen LogP contribution in [0.25, 0.3) is 10.9 Å². The zero-order valence-electron chi connectivity index (χ0n) is 13.1. The fourth-order valence-electron chi connectivity index (χ4n) is 2.89. The second-order valence-corrected chi connectivity index (χ2v) is 5.79. The number of halogens is 3. The van der Waals surface area contributed by atoms with Gasteiger partial charge in [0.2, 0.25) is 5.91 Å². The van der Waals surface area contributed by atoms with Crippen LogP contribution in [0.4, 0.5) is 13.2 Å². The Morgan fingerprint density at radius 1 is 1.28 bits per heavy atom. The minimum Gasteiger partial charge on any atom is -0.366 e. The number of aromatic nitrogens is 1. The van der Waals surface area contributed by atoms with Gasteiger partial charge in [-0.25, -0.2) is 0 Å². The number of carbonyl (C=O) groups excluding carboxylic acids is 2. The fourth-order valence-corrected chi connectivity index (χ4v) is 2.89. The Kier molecular flexibility index (Phi) is 4.42. The molecule has 134 valence electrons.